The van der Waals surface area contributed by atoms with Gasteiger partial charge in [-0.3, -0.25) is 14.2 Å². The van der Waals surface area contributed by atoms with Crippen molar-refractivity contribution in [2.45, 2.75) is 18.9 Å². The van der Waals surface area contributed by atoms with Gasteiger partial charge in [0, 0.05) is 19.6 Å². The van der Waals surface area contributed by atoms with Crippen LogP contribution in [0.15, 0.2) is 52.1 Å². The number of carboxylic acid groups (broad SMARTS) is 1. The third kappa shape index (κ3) is 4.49. The number of ether oxygens (including phenoxy) is 2. The van der Waals surface area contributed by atoms with E-state index in [4.69, 9.17) is 9.47 Å². The summed E-state index contributed by atoms with van der Waals surface area (Å²) in [5, 5.41) is 10.4. The highest BCUT2D eigenvalue weighted by atomic mass is 16.5. The molecule has 2 N–H and O–H groups in total. The quantitative estimate of drug-likeness (QED) is 0.562. The number of aromatic amines is 1. The number of nitrogens with zero attached hydrogens (tertiary/aromatic N) is 2. The molecule has 1 aliphatic rings. The second-order valence-corrected chi connectivity index (χ2v) is 8.19. The van der Waals surface area contributed by atoms with Crippen LogP contribution in [0.25, 0.3) is 10.9 Å². The molecular formula is C24H27N3O6. The van der Waals surface area contributed by atoms with E-state index in [-0.39, 0.29) is 18.0 Å². The van der Waals surface area contributed by atoms with Gasteiger partial charge in [-0.1, -0.05) is 18.2 Å². The van der Waals surface area contributed by atoms with Crippen LogP contribution in [0, 0.1) is 5.92 Å². The van der Waals surface area contributed by atoms with E-state index in [1.807, 2.05) is 17.0 Å². The van der Waals surface area contributed by atoms with Crippen LogP contribution in [0.3, 0.4) is 0 Å². The second kappa shape index (κ2) is 9.50. The predicted molar refractivity (Wildman–Crippen MR) is 123 cm³/mol. The largest absolute Gasteiger partial charge is 0.493 e. The third-order valence-corrected chi connectivity index (χ3v) is 6.38. The SMILES string of the molecule is COc1ccc(C2CCN(CCn3c(=O)[nH]c4ccccc4c3=O)CC2C(=O)O)cc1OC. The highest BCUT2D eigenvalue weighted by Gasteiger charge is 2.35. The number of rotatable bonds is 7. The second-order valence-electron chi connectivity index (χ2n) is 8.19. The van der Waals surface area contributed by atoms with Gasteiger partial charge < -0.3 is 24.5 Å². The number of carbonyl (C=O) groups is 1. The van der Waals surface area contributed by atoms with Gasteiger partial charge in [-0.15, -0.1) is 0 Å². The van der Waals surface area contributed by atoms with Crippen LogP contribution in [0.2, 0.25) is 0 Å². The molecule has 1 saturated heterocycles. The van der Waals surface area contributed by atoms with Crippen molar-refractivity contribution in [2.75, 3.05) is 33.9 Å². The Balaban J connectivity index is 1.51. The lowest BCUT2D eigenvalue weighted by atomic mass is 9.80. The fourth-order valence-corrected chi connectivity index (χ4v) is 4.60. The molecule has 9 nitrogen and oxygen atoms in total. The van der Waals surface area contributed by atoms with Crippen molar-refractivity contribution < 1.29 is 19.4 Å². The van der Waals surface area contributed by atoms with E-state index in [1.54, 1.807) is 44.6 Å². The topological polar surface area (TPSA) is 114 Å². The molecule has 9 heteroatoms. The highest BCUT2D eigenvalue weighted by Crippen LogP contribution is 2.37. The number of aromatic nitrogens is 2. The summed E-state index contributed by atoms with van der Waals surface area (Å²) >= 11 is 0. The molecule has 2 aromatic carbocycles. The monoisotopic (exact) mass is 453 g/mol. The lowest BCUT2D eigenvalue weighted by molar-refractivity contribution is -0.144. The van der Waals surface area contributed by atoms with Gasteiger partial charge in [0.05, 0.1) is 31.0 Å². The van der Waals surface area contributed by atoms with Gasteiger partial charge in [-0.25, -0.2) is 4.79 Å². The number of hydrogen-bond donors (Lipinski definition) is 2. The lowest BCUT2D eigenvalue weighted by Crippen LogP contribution is -2.46. The van der Waals surface area contributed by atoms with Gasteiger partial charge in [-0.2, -0.15) is 0 Å². The smallest absolute Gasteiger partial charge is 0.328 e. The molecule has 0 spiro atoms. The Morgan fingerprint density at radius 2 is 1.85 bits per heavy atom. The molecule has 2 atom stereocenters. The third-order valence-electron chi connectivity index (χ3n) is 6.38. The zero-order valence-corrected chi connectivity index (χ0v) is 18.6. The van der Waals surface area contributed by atoms with E-state index in [2.05, 4.69) is 4.98 Å². The predicted octanol–water partition coefficient (Wildman–Crippen LogP) is 1.90. The number of benzene rings is 2. The van der Waals surface area contributed by atoms with E-state index in [9.17, 15) is 19.5 Å². The van der Waals surface area contributed by atoms with E-state index < -0.39 is 17.6 Å². The highest BCUT2D eigenvalue weighted by molar-refractivity contribution is 5.76. The number of fused-ring (bicyclic) bond motifs is 1. The molecule has 0 bridgehead atoms. The summed E-state index contributed by atoms with van der Waals surface area (Å²) in [5.41, 5.74) is 0.588. The number of methoxy groups -OCH3 is 2. The van der Waals surface area contributed by atoms with Crippen LogP contribution in [-0.4, -0.2) is 59.4 Å². The molecule has 0 saturated carbocycles. The minimum absolute atomic E-state index is 0.176. The summed E-state index contributed by atoms with van der Waals surface area (Å²) in [6.07, 6.45) is 0.634. The van der Waals surface area contributed by atoms with Crippen molar-refractivity contribution in [2.24, 2.45) is 5.92 Å². The molecule has 0 amide bonds. The van der Waals surface area contributed by atoms with Crippen molar-refractivity contribution in [3.05, 3.63) is 68.9 Å². The zero-order chi connectivity index (χ0) is 23.5. The fourth-order valence-electron chi connectivity index (χ4n) is 4.60. The average Bonchev–Trinajstić information content (AvgIpc) is 2.83. The molecule has 1 aliphatic heterocycles. The first-order chi connectivity index (χ1) is 15.9. The molecule has 174 valence electrons. The molecule has 4 rings (SSSR count). The number of H-pyrrole nitrogens is 1. The maximum Gasteiger partial charge on any atom is 0.328 e. The Morgan fingerprint density at radius 1 is 1.09 bits per heavy atom. The number of hydrogen-bond acceptors (Lipinski definition) is 6. The first-order valence-electron chi connectivity index (χ1n) is 10.8. The van der Waals surface area contributed by atoms with E-state index in [0.29, 0.717) is 48.5 Å². The Morgan fingerprint density at radius 3 is 2.58 bits per heavy atom. The maximum absolute atomic E-state index is 12.8. The number of likely N-dealkylation sites (tertiary alicyclic amines) is 1. The molecule has 3 aromatic rings. The Hall–Kier alpha value is -3.59. The summed E-state index contributed by atoms with van der Waals surface area (Å²) in [5.74, 6) is -0.512. The Labute approximate surface area is 190 Å². The van der Waals surface area contributed by atoms with Gasteiger partial charge in [0.25, 0.3) is 5.56 Å². The van der Waals surface area contributed by atoms with E-state index >= 15 is 0 Å². The molecule has 1 aromatic heterocycles. The molecule has 2 heterocycles. The summed E-state index contributed by atoms with van der Waals surface area (Å²) in [6, 6.07) is 12.4. The first-order valence-corrected chi connectivity index (χ1v) is 10.8. The average molecular weight is 453 g/mol. The van der Waals surface area contributed by atoms with Gasteiger partial charge >= 0.3 is 11.7 Å². The summed E-state index contributed by atoms with van der Waals surface area (Å²) in [4.78, 5) is 42.0. The van der Waals surface area contributed by atoms with E-state index in [0.717, 1.165) is 5.56 Å². The fraction of sp³-hybridized carbons (Fsp3) is 0.375. The van der Waals surface area contributed by atoms with Gasteiger partial charge in [0.15, 0.2) is 11.5 Å². The van der Waals surface area contributed by atoms with Crippen LogP contribution in [0.1, 0.15) is 17.9 Å². The van der Waals surface area contributed by atoms with Crippen molar-refractivity contribution >= 4 is 16.9 Å². The van der Waals surface area contributed by atoms with Crippen LogP contribution < -0.4 is 20.7 Å². The zero-order valence-electron chi connectivity index (χ0n) is 18.6. The van der Waals surface area contributed by atoms with Crippen molar-refractivity contribution in [1.29, 1.82) is 0 Å². The molecule has 1 fully saturated rings. The van der Waals surface area contributed by atoms with Crippen LogP contribution in [-0.2, 0) is 11.3 Å². The van der Waals surface area contributed by atoms with Crippen molar-refractivity contribution in [3.8, 4) is 11.5 Å². The summed E-state index contributed by atoms with van der Waals surface area (Å²) < 4.78 is 11.8. The van der Waals surface area contributed by atoms with Crippen molar-refractivity contribution in [1.82, 2.24) is 14.5 Å². The number of aliphatic carboxylic acids is 1. The first kappa shape index (κ1) is 22.6. The lowest BCUT2D eigenvalue weighted by Gasteiger charge is -2.37. The normalized spacial score (nSPS) is 18.8. The number of nitrogens with one attached hydrogen (secondary N) is 1. The minimum Gasteiger partial charge on any atom is -0.493 e. The minimum atomic E-state index is -0.875. The van der Waals surface area contributed by atoms with Crippen molar-refractivity contribution in [3.63, 3.8) is 0 Å². The standard InChI is InChI=1S/C24H27N3O6/c1-32-20-8-7-15(13-21(20)33-2)16-9-10-26(14-18(16)23(29)30)11-12-27-22(28)17-5-3-4-6-19(17)25-24(27)31/h3-8,13,16,18H,9-12,14H2,1-2H3,(H,25,31)(H,29,30). The molecule has 0 radical (unpaired) electrons. The molecule has 2 unspecified atom stereocenters. The van der Waals surface area contributed by atoms with Gasteiger partial charge in [-0.05, 0) is 48.7 Å². The number of para-hydroxylation sites is 1. The van der Waals surface area contributed by atoms with Crippen LogP contribution in [0.4, 0.5) is 0 Å². The summed E-state index contributed by atoms with van der Waals surface area (Å²) in [7, 11) is 3.11. The van der Waals surface area contributed by atoms with Crippen LogP contribution in [0.5, 0.6) is 11.5 Å². The summed E-state index contributed by atoms with van der Waals surface area (Å²) in [6.45, 7) is 1.58. The molecule has 33 heavy (non-hydrogen) atoms. The molecular weight excluding hydrogens is 426 g/mol. The van der Waals surface area contributed by atoms with Gasteiger partial charge in [0.1, 0.15) is 0 Å². The van der Waals surface area contributed by atoms with E-state index in [1.165, 1.54) is 4.57 Å². The number of carboxylic acids is 1. The van der Waals surface area contributed by atoms with Gasteiger partial charge in [0.2, 0.25) is 0 Å². The van der Waals surface area contributed by atoms with Crippen LogP contribution >= 0.6 is 0 Å². The number of piperidine rings is 1. The maximum atomic E-state index is 12.8. The molecule has 0 aliphatic carbocycles. The Kier molecular flexibility index (Phi) is 6.50. The Bertz CT molecular complexity index is 1280.